The van der Waals surface area contributed by atoms with Crippen LogP contribution in [-0.2, 0) is 6.18 Å². The van der Waals surface area contributed by atoms with Crippen LogP contribution in [0, 0.1) is 17.2 Å². The number of aromatic nitrogens is 4. The smallest absolute Gasteiger partial charge is 0.417 e. The second kappa shape index (κ2) is 6.75. The van der Waals surface area contributed by atoms with E-state index in [0.29, 0.717) is 42.4 Å². The quantitative estimate of drug-likeness (QED) is 0.559. The Hall–Kier alpha value is -3.50. The number of likely N-dealkylation sites (tertiary alicyclic amines) is 1. The fourth-order valence-corrected chi connectivity index (χ4v) is 5.39. The first-order valence-electron chi connectivity index (χ1n) is 10.4. The second-order valence-corrected chi connectivity index (χ2v) is 8.74. The van der Waals surface area contributed by atoms with Gasteiger partial charge in [0.15, 0.2) is 5.82 Å². The number of ether oxygens (including phenoxy) is 1. The maximum atomic E-state index is 14.3. The van der Waals surface area contributed by atoms with Gasteiger partial charge < -0.3 is 9.64 Å². The first-order chi connectivity index (χ1) is 15.8. The minimum absolute atomic E-state index is 0.0679. The minimum atomic E-state index is -4.69. The van der Waals surface area contributed by atoms with Crippen LogP contribution in [0.3, 0.4) is 0 Å². The molecule has 6 rings (SSSR count). The van der Waals surface area contributed by atoms with E-state index in [-0.39, 0.29) is 17.4 Å². The molecule has 1 aliphatic heterocycles. The number of hydrogen-bond acceptors (Lipinski definition) is 5. The zero-order valence-electron chi connectivity index (χ0n) is 17.0. The van der Waals surface area contributed by atoms with E-state index in [2.05, 4.69) is 15.2 Å². The van der Waals surface area contributed by atoms with E-state index in [1.807, 2.05) is 0 Å². The number of halogens is 4. The van der Waals surface area contributed by atoms with Crippen LogP contribution in [0.4, 0.5) is 17.6 Å². The van der Waals surface area contributed by atoms with Gasteiger partial charge in [-0.15, -0.1) is 0 Å². The Morgan fingerprint density at radius 2 is 1.91 bits per heavy atom. The molecule has 2 aliphatic carbocycles. The maximum absolute atomic E-state index is 14.3. The summed E-state index contributed by atoms with van der Waals surface area (Å²) < 4.78 is 58.4. The summed E-state index contributed by atoms with van der Waals surface area (Å²) in [5.74, 6) is -1.54. The van der Waals surface area contributed by atoms with E-state index in [1.165, 1.54) is 17.2 Å². The summed E-state index contributed by atoms with van der Waals surface area (Å²) in [6.07, 6.45) is -0.0958. The van der Waals surface area contributed by atoms with Crippen LogP contribution in [-0.4, -0.2) is 49.5 Å². The third kappa shape index (κ3) is 3.01. The summed E-state index contributed by atoms with van der Waals surface area (Å²) in [5, 5.41) is 8.22. The van der Waals surface area contributed by atoms with Gasteiger partial charge in [-0.25, -0.2) is 9.37 Å². The fraction of sp³-hybridized carbons (Fsp3) is 0.364. The highest BCUT2D eigenvalue weighted by molar-refractivity contribution is 5.98. The molecule has 1 aromatic carbocycles. The Labute approximate surface area is 185 Å². The zero-order chi connectivity index (χ0) is 23.0. The first kappa shape index (κ1) is 20.1. The molecular weight excluding hydrogens is 442 g/mol. The van der Waals surface area contributed by atoms with Crippen molar-refractivity contribution >= 4 is 5.91 Å². The summed E-state index contributed by atoms with van der Waals surface area (Å²) in [6, 6.07) is 7.06. The van der Waals surface area contributed by atoms with Gasteiger partial charge >= 0.3 is 6.18 Å². The van der Waals surface area contributed by atoms with Crippen molar-refractivity contribution in [2.75, 3.05) is 6.54 Å². The zero-order valence-corrected chi connectivity index (χ0v) is 17.0. The number of para-hydroxylation sites is 1. The summed E-state index contributed by atoms with van der Waals surface area (Å²) in [5.41, 5.74) is -0.285. The third-order valence-corrected chi connectivity index (χ3v) is 6.98. The van der Waals surface area contributed by atoms with Crippen LogP contribution in [0.2, 0.25) is 0 Å². The van der Waals surface area contributed by atoms with Gasteiger partial charge in [0.05, 0.1) is 35.2 Å². The van der Waals surface area contributed by atoms with Gasteiger partial charge in [-0.1, -0.05) is 12.1 Å². The van der Waals surface area contributed by atoms with Crippen molar-refractivity contribution in [1.82, 2.24) is 24.9 Å². The first-order valence-corrected chi connectivity index (χ1v) is 10.4. The molecule has 0 N–H and O–H groups in total. The highest BCUT2D eigenvalue weighted by atomic mass is 19.4. The average molecular weight is 459 g/mol. The Kier molecular flexibility index (Phi) is 4.12. The Bertz CT molecular complexity index is 1250. The standard InChI is InChI=1S/C22H17F4N5O2/c23-15-7-12(22(24,25)26)10-27-19(15)33-17-9-21-8-13(21)11-30(18(17)21)20(32)14-3-1-2-4-16(14)31-28-5-6-29-31/h1-7,10,13,17-18H,8-9,11H2. The molecule has 3 heterocycles. The number of piperidine rings is 1. The van der Waals surface area contributed by atoms with Crippen molar-refractivity contribution in [3.8, 4) is 11.6 Å². The predicted octanol–water partition coefficient (Wildman–Crippen LogP) is 3.50. The van der Waals surface area contributed by atoms with E-state index in [9.17, 15) is 22.4 Å². The number of nitrogens with zero attached hydrogens (tertiary/aromatic N) is 5. The van der Waals surface area contributed by atoms with Crippen LogP contribution in [0.25, 0.3) is 5.69 Å². The summed E-state index contributed by atoms with van der Waals surface area (Å²) in [6.45, 7) is 0.549. The fourth-order valence-electron chi connectivity index (χ4n) is 5.39. The van der Waals surface area contributed by atoms with Gasteiger partial charge in [0, 0.05) is 18.2 Å². The Morgan fingerprint density at radius 1 is 1.15 bits per heavy atom. The van der Waals surface area contributed by atoms with Gasteiger partial charge in [0.2, 0.25) is 0 Å². The molecule has 33 heavy (non-hydrogen) atoms. The van der Waals surface area contributed by atoms with Crippen LogP contribution >= 0.6 is 0 Å². The molecule has 11 heteroatoms. The molecule has 3 aromatic rings. The van der Waals surface area contributed by atoms with Crippen molar-refractivity contribution in [2.24, 2.45) is 11.3 Å². The molecule has 0 bridgehead atoms. The van der Waals surface area contributed by atoms with Gasteiger partial charge in [-0.3, -0.25) is 4.79 Å². The highest BCUT2D eigenvalue weighted by Gasteiger charge is 2.76. The van der Waals surface area contributed by atoms with E-state index < -0.39 is 29.5 Å². The molecule has 0 radical (unpaired) electrons. The number of pyridine rings is 1. The lowest BCUT2D eigenvalue weighted by molar-refractivity contribution is -0.138. The van der Waals surface area contributed by atoms with Gasteiger partial charge in [0.25, 0.3) is 11.8 Å². The molecule has 3 aliphatic rings. The Morgan fingerprint density at radius 3 is 2.64 bits per heavy atom. The summed E-state index contributed by atoms with van der Waals surface area (Å²) >= 11 is 0. The molecule has 1 saturated heterocycles. The SMILES string of the molecule is O=C(c1ccccc1-n1nccn1)N1CC2CC23CC(Oc2ncc(C(F)(F)F)cc2F)C13. The molecule has 7 nitrogen and oxygen atoms in total. The van der Waals surface area contributed by atoms with Gasteiger partial charge in [-0.2, -0.15) is 28.2 Å². The lowest BCUT2D eigenvalue weighted by Gasteiger charge is -2.47. The van der Waals surface area contributed by atoms with Crippen molar-refractivity contribution < 1.29 is 27.1 Å². The van der Waals surface area contributed by atoms with Crippen LogP contribution in [0.15, 0.2) is 48.9 Å². The molecule has 1 spiro atoms. The topological polar surface area (TPSA) is 73.1 Å². The van der Waals surface area contributed by atoms with E-state index in [1.54, 1.807) is 29.2 Å². The van der Waals surface area contributed by atoms with Crippen LogP contribution < -0.4 is 4.74 Å². The van der Waals surface area contributed by atoms with Gasteiger partial charge in [0.1, 0.15) is 6.10 Å². The largest absolute Gasteiger partial charge is 0.470 e. The highest BCUT2D eigenvalue weighted by Crippen LogP contribution is 2.71. The summed E-state index contributed by atoms with van der Waals surface area (Å²) in [7, 11) is 0. The lowest BCUT2D eigenvalue weighted by atomic mass is 9.73. The molecular formula is C22H17F4N5O2. The molecule has 4 unspecified atom stereocenters. The van der Waals surface area contributed by atoms with Crippen LogP contribution in [0.5, 0.6) is 5.88 Å². The monoisotopic (exact) mass is 459 g/mol. The molecule has 2 saturated carbocycles. The second-order valence-electron chi connectivity index (χ2n) is 8.74. The van der Waals surface area contributed by atoms with Crippen molar-refractivity contribution in [1.29, 1.82) is 0 Å². The van der Waals surface area contributed by atoms with E-state index in [0.717, 1.165) is 6.42 Å². The van der Waals surface area contributed by atoms with E-state index in [4.69, 9.17) is 4.74 Å². The number of alkyl halides is 3. The summed E-state index contributed by atoms with van der Waals surface area (Å²) in [4.78, 5) is 20.2. The maximum Gasteiger partial charge on any atom is 0.417 e. The predicted molar refractivity (Wildman–Crippen MR) is 105 cm³/mol. The lowest BCUT2D eigenvalue weighted by Crippen LogP contribution is -2.59. The molecule has 1 amide bonds. The molecule has 3 fully saturated rings. The van der Waals surface area contributed by atoms with E-state index >= 15 is 0 Å². The third-order valence-electron chi connectivity index (χ3n) is 6.98. The number of carbonyl (C=O) groups is 1. The minimum Gasteiger partial charge on any atom is -0.470 e. The Balaban J connectivity index is 1.26. The normalized spacial score (nSPS) is 27.5. The molecule has 2 aromatic heterocycles. The average Bonchev–Trinajstić information content (AvgIpc) is 3.14. The van der Waals surface area contributed by atoms with Crippen molar-refractivity contribution in [3.05, 3.63) is 65.9 Å². The van der Waals surface area contributed by atoms with Crippen molar-refractivity contribution in [2.45, 2.75) is 31.2 Å². The number of amides is 1. The number of benzene rings is 1. The molecule has 4 atom stereocenters. The molecule has 170 valence electrons. The number of carbonyl (C=O) groups excluding carboxylic acids is 1. The van der Waals surface area contributed by atoms with Gasteiger partial charge in [-0.05, 0) is 37.0 Å². The van der Waals surface area contributed by atoms with Crippen molar-refractivity contribution in [3.63, 3.8) is 0 Å². The number of hydrogen-bond donors (Lipinski definition) is 0. The number of rotatable bonds is 4. The van der Waals surface area contributed by atoms with Crippen LogP contribution in [0.1, 0.15) is 28.8 Å².